The minimum absolute atomic E-state index is 0.326. The Morgan fingerprint density at radius 3 is 2.56 bits per heavy atom. The average Bonchev–Trinajstić information content (AvgIpc) is 2.28. The summed E-state index contributed by atoms with van der Waals surface area (Å²) in [6.07, 6.45) is 0. The van der Waals surface area contributed by atoms with Crippen LogP contribution in [0.5, 0.6) is 5.75 Å². The smallest absolute Gasteiger partial charge is 0.162 e. The predicted molar refractivity (Wildman–Crippen MR) is 56.6 cm³/mol. The predicted octanol–water partition coefficient (Wildman–Crippen LogP) is 1.58. The number of nitrogens with one attached hydrogen (secondary N) is 1. The zero-order valence-corrected chi connectivity index (χ0v) is 9.13. The summed E-state index contributed by atoms with van der Waals surface area (Å²) in [5, 5.41) is 3.06. The molecule has 1 N–H and O–H groups in total. The maximum atomic E-state index is 12.8. The minimum atomic E-state index is -0.898. The average molecular weight is 231 g/mol. The lowest BCUT2D eigenvalue weighted by Crippen LogP contribution is -2.24. The van der Waals surface area contributed by atoms with Gasteiger partial charge in [-0.2, -0.15) is 0 Å². The molecule has 90 valence electrons. The summed E-state index contributed by atoms with van der Waals surface area (Å²) >= 11 is 0. The summed E-state index contributed by atoms with van der Waals surface area (Å²) in [5.41, 5.74) is 0. The van der Waals surface area contributed by atoms with Gasteiger partial charge in [-0.25, -0.2) is 8.78 Å². The molecule has 0 bridgehead atoms. The molecule has 0 unspecified atom stereocenters. The van der Waals surface area contributed by atoms with E-state index >= 15 is 0 Å². The Hall–Kier alpha value is -1.20. The van der Waals surface area contributed by atoms with Gasteiger partial charge in [-0.15, -0.1) is 0 Å². The van der Waals surface area contributed by atoms with Crippen molar-refractivity contribution in [2.24, 2.45) is 0 Å². The van der Waals surface area contributed by atoms with E-state index in [0.717, 1.165) is 18.7 Å². The first-order valence-electron chi connectivity index (χ1n) is 5.01. The lowest BCUT2D eigenvalue weighted by Gasteiger charge is -2.07. The van der Waals surface area contributed by atoms with E-state index in [0.29, 0.717) is 25.5 Å². The van der Waals surface area contributed by atoms with E-state index in [-0.39, 0.29) is 0 Å². The van der Waals surface area contributed by atoms with Crippen LogP contribution in [0.1, 0.15) is 0 Å². The summed E-state index contributed by atoms with van der Waals surface area (Å²) in [4.78, 5) is 0. The van der Waals surface area contributed by atoms with Crippen LogP contribution in [0, 0.1) is 11.6 Å². The van der Waals surface area contributed by atoms with Crippen molar-refractivity contribution in [1.29, 1.82) is 0 Å². The van der Waals surface area contributed by atoms with Gasteiger partial charge in [-0.05, 0) is 12.1 Å². The summed E-state index contributed by atoms with van der Waals surface area (Å²) in [6.45, 7) is 2.39. The molecule has 3 nitrogen and oxygen atoms in total. The van der Waals surface area contributed by atoms with Gasteiger partial charge >= 0.3 is 0 Å². The molecule has 1 rings (SSSR count). The highest BCUT2D eigenvalue weighted by atomic mass is 19.2. The van der Waals surface area contributed by atoms with Crippen LogP contribution in [-0.4, -0.2) is 33.4 Å². The van der Waals surface area contributed by atoms with Crippen molar-refractivity contribution in [3.63, 3.8) is 0 Å². The van der Waals surface area contributed by atoms with Crippen LogP contribution in [0.4, 0.5) is 8.78 Å². The van der Waals surface area contributed by atoms with Crippen LogP contribution in [0.3, 0.4) is 0 Å². The second-order valence-corrected chi connectivity index (χ2v) is 3.17. The largest absolute Gasteiger partial charge is 0.492 e. The Balaban J connectivity index is 2.19. The molecular weight excluding hydrogens is 216 g/mol. The maximum absolute atomic E-state index is 12.8. The molecule has 1 aromatic carbocycles. The fraction of sp³-hybridized carbons (Fsp3) is 0.455. The van der Waals surface area contributed by atoms with Gasteiger partial charge < -0.3 is 14.8 Å². The molecule has 0 saturated heterocycles. The molecule has 0 amide bonds. The number of rotatable bonds is 7. The second-order valence-electron chi connectivity index (χ2n) is 3.17. The Morgan fingerprint density at radius 1 is 1.12 bits per heavy atom. The van der Waals surface area contributed by atoms with Crippen LogP contribution < -0.4 is 10.1 Å². The molecule has 1 aromatic rings. The molecule has 16 heavy (non-hydrogen) atoms. The minimum Gasteiger partial charge on any atom is -0.492 e. The Morgan fingerprint density at radius 2 is 1.88 bits per heavy atom. The lowest BCUT2D eigenvalue weighted by atomic mass is 10.3. The molecule has 5 heteroatoms. The highest BCUT2D eigenvalue weighted by Gasteiger charge is 2.02. The van der Waals surface area contributed by atoms with Gasteiger partial charge in [0.1, 0.15) is 12.4 Å². The van der Waals surface area contributed by atoms with Crippen LogP contribution in [0.25, 0.3) is 0 Å². The van der Waals surface area contributed by atoms with E-state index in [2.05, 4.69) is 5.32 Å². The number of ether oxygens (including phenoxy) is 2. The molecule has 0 aliphatic heterocycles. The molecule has 0 fully saturated rings. The van der Waals surface area contributed by atoms with Gasteiger partial charge in [0.25, 0.3) is 0 Å². The summed E-state index contributed by atoms with van der Waals surface area (Å²) < 4.78 is 35.4. The number of hydrogen-bond donors (Lipinski definition) is 1. The summed E-state index contributed by atoms with van der Waals surface area (Å²) in [5.74, 6) is -1.44. The Bertz CT molecular complexity index is 321. The molecule has 0 atom stereocenters. The molecule has 0 saturated carbocycles. The molecule has 0 radical (unpaired) electrons. The molecule has 0 spiro atoms. The van der Waals surface area contributed by atoms with Crippen LogP contribution in [0.2, 0.25) is 0 Å². The Labute approximate surface area is 93.4 Å². The van der Waals surface area contributed by atoms with Gasteiger partial charge in [0.2, 0.25) is 0 Å². The van der Waals surface area contributed by atoms with Gasteiger partial charge in [-0.1, -0.05) is 0 Å². The van der Waals surface area contributed by atoms with E-state index in [1.807, 2.05) is 0 Å². The number of benzene rings is 1. The molecule has 0 aromatic heterocycles. The van der Waals surface area contributed by atoms with Crippen LogP contribution in [0.15, 0.2) is 18.2 Å². The van der Waals surface area contributed by atoms with Crippen LogP contribution in [-0.2, 0) is 4.74 Å². The molecule has 0 aliphatic rings. The first-order chi connectivity index (χ1) is 7.74. The van der Waals surface area contributed by atoms with Gasteiger partial charge in [0.05, 0.1) is 6.61 Å². The molecular formula is C11H15F2NO2. The van der Waals surface area contributed by atoms with E-state index in [9.17, 15) is 8.78 Å². The van der Waals surface area contributed by atoms with Crippen molar-refractivity contribution in [2.75, 3.05) is 33.4 Å². The topological polar surface area (TPSA) is 30.5 Å². The normalized spacial score (nSPS) is 10.4. The third kappa shape index (κ3) is 4.55. The molecule has 0 heterocycles. The standard InChI is InChI=1S/C11H15F2NO2/c1-15-6-4-14-5-7-16-9-2-3-10(12)11(13)8-9/h2-3,8,14H,4-7H2,1H3. The zero-order chi connectivity index (χ0) is 11.8. The number of methoxy groups -OCH3 is 1. The maximum Gasteiger partial charge on any atom is 0.162 e. The van der Waals surface area contributed by atoms with Gasteiger partial charge in [0.15, 0.2) is 11.6 Å². The Kier molecular flexibility index (Phi) is 5.74. The third-order valence-corrected chi connectivity index (χ3v) is 1.92. The quantitative estimate of drug-likeness (QED) is 0.723. The van der Waals surface area contributed by atoms with Crippen molar-refractivity contribution >= 4 is 0 Å². The van der Waals surface area contributed by atoms with E-state index < -0.39 is 11.6 Å². The summed E-state index contributed by atoms with van der Waals surface area (Å²) in [6, 6.07) is 3.47. The molecule has 0 aliphatic carbocycles. The van der Waals surface area contributed by atoms with Gasteiger partial charge in [-0.3, -0.25) is 0 Å². The first-order valence-corrected chi connectivity index (χ1v) is 5.01. The lowest BCUT2D eigenvalue weighted by molar-refractivity contribution is 0.196. The highest BCUT2D eigenvalue weighted by molar-refractivity contribution is 5.23. The third-order valence-electron chi connectivity index (χ3n) is 1.92. The van der Waals surface area contributed by atoms with E-state index in [4.69, 9.17) is 9.47 Å². The van der Waals surface area contributed by atoms with Crippen molar-refractivity contribution < 1.29 is 18.3 Å². The zero-order valence-electron chi connectivity index (χ0n) is 9.13. The van der Waals surface area contributed by atoms with E-state index in [1.54, 1.807) is 7.11 Å². The van der Waals surface area contributed by atoms with E-state index in [1.165, 1.54) is 6.07 Å². The summed E-state index contributed by atoms with van der Waals surface area (Å²) in [7, 11) is 1.62. The van der Waals surface area contributed by atoms with Crippen LogP contribution >= 0.6 is 0 Å². The van der Waals surface area contributed by atoms with Crippen molar-refractivity contribution in [2.45, 2.75) is 0 Å². The van der Waals surface area contributed by atoms with Crippen molar-refractivity contribution in [3.8, 4) is 5.75 Å². The highest BCUT2D eigenvalue weighted by Crippen LogP contribution is 2.14. The monoisotopic (exact) mass is 231 g/mol. The van der Waals surface area contributed by atoms with Crippen molar-refractivity contribution in [1.82, 2.24) is 5.32 Å². The fourth-order valence-corrected chi connectivity index (χ4v) is 1.11. The fourth-order valence-electron chi connectivity index (χ4n) is 1.11. The number of halogens is 2. The number of hydrogen-bond acceptors (Lipinski definition) is 3. The first kappa shape index (κ1) is 12.9. The SMILES string of the molecule is COCCNCCOc1ccc(F)c(F)c1. The second kappa shape index (κ2) is 7.14. The van der Waals surface area contributed by atoms with Gasteiger partial charge in [0, 0.05) is 26.3 Å². The van der Waals surface area contributed by atoms with Crippen molar-refractivity contribution in [3.05, 3.63) is 29.8 Å².